The zero-order valence-corrected chi connectivity index (χ0v) is 16.0. The molecule has 0 fully saturated rings. The van der Waals surface area contributed by atoms with Gasteiger partial charge in [0.1, 0.15) is 5.75 Å². The third-order valence-electron chi connectivity index (χ3n) is 4.10. The minimum absolute atomic E-state index is 0.294. The zero-order valence-electron chi connectivity index (χ0n) is 15.2. The molecule has 0 unspecified atom stereocenters. The van der Waals surface area contributed by atoms with Gasteiger partial charge in [-0.2, -0.15) is 0 Å². The Hall–Kier alpha value is -2.64. The second-order valence-electron chi connectivity index (χ2n) is 6.23. The number of rotatable bonds is 9. The molecule has 1 heterocycles. The minimum Gasteiger partial charge on any atom is -0.494 e. The van der Waals surface area contributed by atoms with E-state index in [2.05, 4.69) is 9.71 Å². The molecule has 0 saturated heterocycles. The topological polar surface area (TPSA) is 73.2 Å². The third kappa shape index (κ3) is 5.42. The summed E-state index contributed by atoms with van der Waals surface area (Å²) in [6.07, 6.45) is 6.83. The SMILES string of the molecule is Cc1ccc(S(=O)(=O)NCCCCOc2ccc(-n3ccnc3)cc2)cc1. The summed E-state index contributed by atoms with van der Waals surface area (Å²) in [5, 5.41) is 0. The van der Waals surface area contributed by atoms with Crippen LogP contribution in [0.15, 0.2) is 72.1 Å². The smallest absolute Gasteiger partial charge is 0.240 e. The molecule has 0 aliphatic heterocycles. The summed E-state index contributed by atoms with van der Waals surface area (Å²) in [6, 6.07) is 14.6. The fourth-order valence-electron chi connectivity index (χ4n) is 2.55. The van der Waals surface area contributed by atoms with Crippen molar-refractivity contribution in [2.24, 2.45) is 0 Å². The minimum atomic E-state index is -3.44. The first-order chi connectivity index (χ1) is 13.0. The summed E-state index contributed by atoms with van der Waals surface area (Å²) in [5.74, 6) is 0.791. The van der Waals surface area contributed by atoms with Crippen LogP contribution in [-0.2, 0) is 10.0 Å². The number of nitrogens with one attached hydrogen (secondary N) is 1. The van der Waals surface area contributed by atoms with E-state index in [0.717, 1.165) is 23.4 Å². The standard InChI is InChI=1S/C20H23N3O3S/c1-17-4-10-20(11-5-17)27(24,25)22-12-2-3-15-26-19-8-6-18(7-9-19)23-14-13-21-16-23/h4-11,13-14,16,22H,2-3,12,15H2,1H3. The highest BCUT2D eigenvalue weighted by molar-refractivity contribution is 7.89. The van der Waals surface area contributed by atoms with E-state index in [-0.39, 0.29) is 0 Å². The lowest BCUT2D eigenvalue weighted by atomic mass is 10.2. The molecule has 0 bridgehead atoms. The van der Waals surface area contributed by atoms with Gasteiger partial charge in [-0.1, -0.05) is 17.7 Å². The van der Waals surface area contributed by atoms with E-state index in [0.29, 0.717) is 24.5 Å². The molecule has 0 saturated carbocycles. The van der Waals surface area contributed by atoms with Crippen LogP contribution < -0.4 is 9.46 Å². The van der Waals surface area contributed by atoms with Gasteiger partial charge in [0.25, 0.3) is 0 Å². The number of benzene rings is 2. The normalized spacial score (nSPS) is 11.4. The number of aryl methyl sites for hydroxylation is 1. The molecule has 3 rings (SSSR count). The van der Waals surface area contributed by atoms with Crippen molar-refractivity contribution < 1.29 is 13.2 Å². The maximum atomic E-state index is 12.2. The Labute approximate surface area is 159 Å². The van der Waals surface area contributed by atoms with Gasteiger partial charge in [0.15, 0.2) is 0 Å². The molecule has 27 heavy (non-hydrogen) atoms. The molecule has 0 amide bonds. The lowest BCUT2D eigenvalue weighted by Gasteiger charge is -2.09. The van der Waals surface area contributed by atoms with Gasteiger partial charge in [0.2, 0.25) is 10.0 Å². The van der Waals surface area contributed by atoms with Crippen LogP contribution in [0.2, 0.25) is 0 Å². The van der Waals surface area contributed by atoms with Crippen molar-refractivity contribution >= 4 is 10.0 Å². The molecule has 1 aromatic heterocycles. The molecule has 0 spiro atoms. The van der Waals surface area contributed by atoms with E-state index < -0.39 is 10.0 Å². The number of unbranched alkanes of at least 4 members (excludes halogenated alkanes) is 1. The quantitative estimate of drug-likeness (QED) is 0.574. The van der Waals surface area contributed by atoms with Crippen molar-refractivity contribution in [3.8, 4) is 11.4 Å². The molecule has 3 aromatic rings. The summed E-state index contributed by atoms with van der Waals surface area (Å²) in [6.45, 7) is 2.85. The number of imidazole rings is 1. The predicted octanol–water partition coefficient (Wildman–Crippen LogP) is 3.32. The summed E-state index contributed by atoms with van der Waals surface area (Å²) in [4.78, 5) is 4.32. The van der Waals surface area contributed by atoms with E-state index in [4.69, 9.17) is 4.74 Å². The summed E-state index contributed by atoms with van der Waals surface area (Å²) in [5.41, 5.74) is 2.05. The number of sulfonamides is 1. The Morgan fingerprint density at radius 2 is 1.78 bits per heavy atom. The number of hydrogen-bond acceptors (Lipinski definition) is 4. The van der Waals surface area contributed by atoms with Gasteiger partial charge >= 0.3 is 0 Å². The maximum Gasteiger partial charge on any atom is 0.240 e. The van der Waals surface area contributed by atoms with Gasteiger partial charge in [-0.25, -0.2) is 18.1 Å². The second kappa shape index (κ2) is 8.83. The highest BCUT2D eigenvalue weighted by Gasteiger charge is 2.12. The molecule has 7 heteroatoms. The van der Waals surface area contributed by atoms with Crippen LogP contribution in [0.3, 0.4) is 0 Å². The van der Waals surface area contributed by atoms with Crippen molar-refractivity contribution in [3.63, 3.8) is 0 Å². The van der Waals surface area contributed by atoms with E-state index in [1.807, 2.05) is 42.0 Å². The zero-order chi connectivity index (χ0) is 19.1. The van der Waals surface area contributed by atoms with Gasteiger partial charge < -0.3 is 9.30 Å². The molecule has 0 atom stereocenters. The Morgan fingerprint density at radius 1 is 1.04 bits per heavy atom. The highest BCUT2D eigenvalue weighted by atomic mass is 32.2. The van der Waals surface area contributed by atoms with Gasteiger partial charge in [-0.3, -0.25) is 0 Å². The summed E-state index contributed by atoms with van der Waals surface area (Å²) in [7, 11) is -3.44. The molecule has 0 aliphatic carbocycles. The predicted molar refractivity (Wildman–Crippen MR) is 105 cm³/mol. The fourth-order valence-corrected chi connectivity index (χ4v) is 3.62. The lowest BCUT2D eigenvalue weighted by molar-refractivity contribution is 0.307. The van der Waals surface area contributed by atoms with Crippen molar-refractivity contribution in [2.45, 2.75) is 24.7 Å². The first-order valence-electron chi connectivity index (χ1n) is 8.82. The molecule has 0 aliphatic rings. The van der Waals surface area contributed by atoms with Gasteiger partial charge in [0.05, 0.1) is 17.8 Å². The number of hydrogen-bond donors (Lipinski definition) is 1. The Bertz CT molecular complexity index is 935. The van der Waals surface area contributed by atoms with Gasteiger partial charge in [-0.15, -0.1) is 0 Å². The third-order valence-corrected chi connectivity index (χ3v) is 5.58. The van der Waals surface area contributed by atoms with Crippen molar-refractivity contribution in [1.82, 2.24) is 14.3 Å². The van der Waals surface area contributed by atoms with E-state index >= 15 is 0 Å². The molecule has 6 nitrogen and oxygen atoms in total. The monoisotopic (exact) mass is 385 g/mol. The molecule has 142 valence electrons. The van der Waals surface area contributed by atoms with Crippen LogP contribution in [0.4, 0.5) is 0 Å². The van der Waals surface area contributed by atoms with Crippen molar-refractivity contribution in [3.05, 3.63) is 72.8 Å². The first kappa shape index (κ1) is 19.1. The molecule has 0 radical (unpaired) electrons. The van der Waals surface area contributed by atoms with Crippen LogP contribution in [0.25, 0.3) is 5.69 Å². The van der Waals surface area contributed by atoms with Crippen molar-refractivity contribution in [2.75, 3.05) is 13.2 Å². The van der Waals surface area contributed by atoms with Crippen LogP contribution >= 0.6 is 0 Å². The first-order valence-corrected chi connectivity index (χ1v) is 10.3. The summed E-state index contributed by atoms with van der Waals surface area (Å²) < 4.78 is 34.6. The number of aromatic nitrogens is 2. The van der Waals surface area contributed by atoms with Crippen LogP contribution in [-0.4, -0.2) is 31.1 Å². The van der Waals surface area contributed by atoms with E-state index in [9.17, 15) is 8.42 Å². The van der Waals surface area contributed by atoms with Crippen molar-refractivity contribution in [1.29, 1.82) is 0 Å². The number of ether oxygens (including phenoxy) is 1. The fraction of sp³-hybridized carbons (Fsp3) is 0.250. The second-order valence-corrected chi connectivity index (χ2v) is 8.00. The van der Waals surface area contributed by atoms with E-state index in [1.165, 1.54) is 0 Å². The molecule has 1 N–H and O–H groups in total. The average Bonchev–Trinajstić information content (AvgIpc) is 3.20. The largest absolute Gasteiger partial charge is 0.494 e. The summed E-state index contributed by atoms with van der Waals surface area (Å²) >= 11 is 0. The molecular formula is C20H23N3O3S. The lowest BCUT2D eigenvalue weighted by Crippen LogP contribution is -2.25. The Morgan fingerprint density at radius 3 is 2.44 bits per heavy atom. The van der Waals surface area contributed by atoms with Crippen LogP contribution in [0, 0.1) is 6.92 Å². The van der Waals surface area contributed by atoms with E-state index in [1.54, 1.807) is 36.8 Å². The van der Waals surface area contributed by atoms with Gasteiger partial charge in [-0.05, 0) is 56.2 Å². The Balaban J connectivity index is 1.37. The van der Waals surface area contributed by atoms with Crippen LogP contribution in [0.5, 0.6) is 5.75 Å². The Kier molecular flexibility index (Phi) is 6.26. The highest BCUT2D eigenvalue weighted by Crippen LogP contribution is 2.15. The molecular weight excluding hydrogens is 362 g/mol. The molecule has 2 aromatic carbocycles. The maximum absolute atomic E-state index is 12.2. The number of nitrogens with zero attached hydrogens (tertiary/aromatic N) is 2. The van der Waals surface area contributed by atoms with Crippen LogP contribution in [0.1, 0.15) is 18.4 Å². The van der Waals surface area contributed by atoms with Gasteiger partial charge in [0, 0.05) is 24.6 Å². The average molecular weight is 385 g/mol.